The first-order valence-electron chi connectivity index (χ1n) is 7.23. The van der Waals surface area contributed by atoms with Crippen LogP contribution in [0, 0.1) is 13.7 Å². The Morgan fingerprint density at radius 2 is 1.73 bits per heavy atom. The second-order valence-corrected chi connectivity index (χ2v) is 6.16. The van der Waals surface area contributed by atoms with E-state index in [0.717, 1.165) is 0 Å². The number of hydrogen-bond donors (Lipinski definition) is 0. The van der Waals surface area contributed by atoms with Crippen LogP contribution in [0.3, 0.4) is 0 Å². The molecule has 0 aliphatic rings. The topological polar surface area (TPSA) is 105 Å². The van der Waals surface area contributed by atoms with Gasteiger partial charge >= 0.3 is 5.97 Å². The van der Waals surface area contributed by atoms with Crippen molar-refractivity contribution in [2.24, 2.45) is 0 Å². The van der Waals surface area contributed by atoms with Gasteiger partial charge in [0, 0.05) is 17.7 Å². The lowest BCUT2D eigenvalue weighted by molar-refractivity contribution is -0.384. The van der Waals surface area contributed by atoms with Crippen molar-refractivity contribution in [1.29, 1.82) is 0 Å². The molecule has 0 heterocycles. The van der Waals surface area contributed by atoms with E-state index >= 15 is 0 Å². The van der Waals surface area contributed by atoms with Crippen LogP contribution in [0.15, 0.2) is 36.4 Å². The van der Waals surface area contributed by atoms with Gasteiger partial charge in [-0.25, -0.2) is 4.79 Å². The summed E-state index contributed by atoms with van der Waals surface area (Å²) in [6.07, 6.45) is 0. The number of ether oxygens (including phenoxy) is 3. The first kappa shape index (κ1) is 19.6. The van der Waals surface area contributed by atoms with Gasteiger partial charge in [0.15, 0.2) is 23.9 Å². The third-order valence-corrected chi connectivity index (χ3v) is 4.21. The lowest BCUT2D eigenvalue weighted by Gasteiger charge is -2.11. The Bertz CT molecular complexity index is 849. The van der Waals surface area contributed by atoms with E-state index in [4.69, 9.17) is 14.2 Å². The van der Waals surface area contributed by atoms with Gasteiger partial charge in [0.05, 0.1) is 28.3 Å². The van der Waals surface area contributed by atoms with Crippen LogP contribution < -0.4 is 9.47 Å². The van der Waals surface area contributed by atoms with E-state index in [-0.39, 0.29) is 16.8 Å². The summed E-state index contributed by atoms with van der Waals surface area (Å²) in [5, 5.41) is 10.6. The molecule has 0 radical (unpaired) electrons. The van der Waals surface area contributed by atoms with Crippen molar-refractivity contribution in [2.45, 2.75) is 0 Å². The van der Waals surface area contributed by atoms with E-state index in [1.165, 1.54) is 44.6 Å². The largest absolute Gasteiger partial charge is 0.493 e. The normalized spacial score (nSPS) is 10.1. The van der Waals surface area contributed by atoms with E-state index in [1.54, 1.807) is 6.07 Å². The first-order chi connectivity index (χ1) is 12.4. The smallest absolute Gasteiger partial charge is 0.338 e. The highest BCUT2D eigenvalue weighted by Gasteiger charge is 2.17. The van der Waals surface area contributed by atoms with Crippen molar-refractivity contribution >= 4 is 40.0 Å². The van der Waals surface area contributed by atoms with Crippen LogP contribution in [-0.4, -0.2) is 37.5 Å². The standard InChI is InChI=1S/C17H14INO7/c1-24-15-8-11(7-13(18)16(15)25-2)17(21)26-9-14(20)10-3-5-12(6-4-10)19(22)23/h3-8H,9H2,1-2H3. The fourth-order valence-electron chi connectivity index (χ4n) is 2.10. The molecular formula is C17H14INO7. The number of nitro benzene ring substituents is 1. The van der Waals surface area contributed by atoms with Crippen molar-refractivity contribution in [3.05, 3.63) is 61.2 Å². The summed E-state index contributed by atoms with van der Waals surface area (Å²) in [5.41, 5.74) is 0.298. The highest BCUT2D eigenvalue weighted by Crippen LogP contribution is 2.33. The molecule has 0 aliphatic heterocycles. The SMILES string of the molecule is COc1cc(C(=O)OCC(=O)c2ccc([N+](=O)[O-])cc2)cc(I)c1OC. The summed E-state index contributed by atoms with van der Waals surface area (Å²) in [7, 11) is 2.93. The lowest BCUT2D eigenvalue weighted by atomic mass is 10.1. The van der Waals surface area contributed by atoms with Crippen molar-refractivity contribution in [3.8, 4) is 11.5 Å². The molecule has 136 valence electrons. The number of hydrogen-bond acceptors (Lipinski definition) is 7. The molecule has 26 heavy (non-hydrogen) atoms. The average Bonchev–Trinajstić information content (AvgIpc) is 2.64. The monoisotopic (exact) mass is 471 g/mol. The van der Waals surface area contributed by atoms with Crippen LogP contribution in [0.4, 0.5) is 5.69 Å². The summed E-state index contributed by atoms with van der Waals surface area (Å²) >= 11 is 1.99. The number of Topliss-reactive ketones (excluding diaryl/α,β-unsaturated/α-hetero) is 1. The third-order valence-electron chi connectivity index (χ3n) is 3.40. The Morgan fingerprint density at radius 3 is 2.27 bits per heavy atom. The van der Waals surface area contributed by atoms with Gasteiger partial charge in [0.25, 0.3) is 5.69 Å². The van der Waals surface area contributed by atoms with E-state index in [0.29, 0.717) is 15.1 Å². The number of halogens is 1. The third kappa shape index (κ3) is 4.48. The molecule has 0 fully saturated rings. The average molecular weight is 471 g/mol. The number of esters is 1. The number of carbonyl (C=O) groups is 2. The second kappa shape index (κ2) is 8.61. The molecule has 0 saturated carbocycles. The van der Waals surface area contributed by atoms with Crippen LogP contribution in [0.25, 0.3) is 0 Å². The molecule has 0 atom stereocenters. The van der Waals surface area contributed by atoms with Crippen molar-refractivity contribution < 1.29 is 28.7 Å². The van der Waals surface area contributed by atoms with Crippen LogP contribution in [0.1, 0.15) is 20.7 Å². The minimum absolute atomic E-state index is 0.126. The number of carbonyl (C=O) groups excluding carboxylic acids is 2. The minimum Gasteiger partial charge on any atom is -0.493 e. The lowest BCUT2D eigenvalue weighted by Crippen LogP contribution is -2.14. The summed E-state index contributed by atoms with van der Waals surface area (Å²) in [4.78, 5) is 34.3. The molecular weight excluding hydrogens is 457 g/mol. The zero-order valence-electron chi connectivity index (χ0n) is 13.9. The Balaban J connectivity index is 2.07. The maximum atomic E-state index is 12.2. The molecule has 9 heteroatoms. The van der Waals surface area contributed by atoms with Crippen LogP contribution in [-0.2, 0) is 4.74 Å². The summed E-state index contributed by atoms with van der Waals surface area (Å²) in [6.45, 7) is -0.485. The second-order valence-electron chi connectivity index (χ2n) is 5.00. The van der Waals surface area contributed by atoms with Gasteiger partial charge in [-0.15, -0.1) is 0 Å². The van der Waals surface area contributed by atoms with Crippen LogP contribution in [0.5, 0.6) is 11.5 Å². The zero-order valence-corrected chi connectivity index (χ0v) is 16.0. The number of benzene rings is 2. The van der Waals surface area contributed by atoms with Crippen LogP contribution >= 0.6 is 22.6 Å². The van der Waals surface area contributed by atoms with Gasteiger partial charge in [0.2, 0.25) is 0 Å². The summed E-state index contributed by atoms with van der Waals surface area (Å²) < 4.78 is 16.1. The fourth-order valence-corrected chi connectivity index (χ4v) is 2.92. The number of methoxy groups -OCH3 is 2. The Kier molecular flexibility index (Phi) is 6.50. The number of ketones is 1. The minimum atomic E-state index is -0.695. The summed E-state index contributed by atoms with van der Waals surface area (Å²) in [6, 6.07) is 8.07. The van der Waals surface area contributed by atoms with Gasteiger partial charge in [-0.3, -0.25) is 14.9 Å². The Labute approximate surface area is 162 Å². The van der Waals surface area contributed by atoms with Gasteiger partial charge in [-0.05, 0) is 46.9 Å². The molecule has 0 amide bonds. The molecule has 8 nitrogen and oxygen atoms in total. The molecule has 0 saturated heterocycles. The van der Waals surface area contributed by atoms with E-state index in [1.807, 2.05) is 22.6 Å². The molecule has 2 aromatic carbocycles. The summed E-state index contributed by atoms with van der Waals surface area (Å²) in [5.74, 6) is -0.304. The van der Waals surface area contributed by atoms with Gasteiger partial charge in [-0.2, -0.15) is 0 Å². The van der Waals surface area contributed by atoms with E-state index in [2.05, 4.69) is 0 Å². The maximum Gasteiger partial charge on any atom is 0.338 e. The Hall–Kier alpha value is -2.69. The van der Waals surface area contributed by atoms with Gasteiger partial charge in [0.1, 0.15) is 0 Å². The quantitative estimate of drug-likeness (QED) is 0.201. The van der Waals surface area contributed by atoms with E-state index < -0.39 is 23.3 Å². The van der Waals surface area contributed by atoms with Gasteiger partial charge in [-0.1, -0.05) is 0 Å². The number of nitrogens with zero attached hydrogens (tertiary/aromatic N) is 1. The molecule has 2 aromatic rings. The first-order valence-corrected chi connectivity index (χ1v) is 8.31. The van der Waals surface area contributed by atoms with Crippen molar-refractivity contribution in [1.82, 2.24) is 0 Å². The number of rotatable bonds is 7. The zero-order chi connectivity index (χ0) is 19.3. The molecule has 0 unspecified atom stereocenters. The molecule has 0 aliphatic carbocycles. The van der Waals surface area contributed by atoms with Crippen molar-refractivity contribution in [3.63, 3.8) is 0 Å². The predicted octanol–water partition coefficient (Wildman–Crippen LogP) is 3.26. The maximum absolute atomic E-state index is 12.2. The molecule has 2 rings (SSSR count). The van der Waals surface area contributed by atoms with Crippen LogP contribution in [0.2, 0.25) is 0 Å². The highest BCUT2D eigenvalue weighted by atomic mass is 127. The predicted molar refractivity (Wildman–Crippen MR) is 100.0 cm³/mol. The highest BCUT2D eigenvalue weighted by molar-refractivity contribution is 14.1. The Morgan fingerprint density at radius 1 is 1.08 bits per heavy atom. The molecule has 0 bridgehead atoms. The molecule has 0 aromatic heterocycles. The molecule has 0 N–H and O–H groups in total. The van der Waals surface area contributed by atoms with Gasteiger partial charge < -0.3 is 14.2 Å². The molecule has 0 spiro atoms. The van der Waals surface area contributed by atoms with Crippen molar-refractivity contribution in [2.75, 3.05) is 20.8 Å². The van der Waals surface area contributed by atoms with E-state index in [9.17, 15) is 19.7 Å². The fraction of sp³-hybridized carbons (Fsp3) is 0.176. The number of non-ortho nitro benzene ring substituents is 1. The number of nitro groups is 1.